The summed E-state index contributed by atoms with van der Waals surface area (Å²) in [5.74, 6) is -0.642. The van der Waals surface area contributed by atoms with Crippen molar-refractivity contribution in [2.45, 2.75) is 193 Å². The van der Waals surface area contributed by atoms with Gasteiger partial charge in [-0.05, 0) is 116 Å². The molecule has 8 N–H and O–H groups in total. The van der Waals surface area contributed by atoms with E-state index in [4.69, 9.17) is 33.7 Å². The third-order valence-electron chi connectivity index (χ3n) is 6.77. The molecule has 17 heteroatoms. The molecule has 0 aromatic heterocycles. The lowest BCUT2D eigenvalue weighted by Gasteiger charge is -2.41. The Morgan fingerprint density at radius 1 is 0.593 bits per heavy atom. The number of nitrogens with one attached hydrogen (secondary N) is 2. The maximum absolute atomic E-state index is 12.6. The number of amides is 2. The van der Waals surface area contributed by atoms with E-state index in [2.05, 4.69) is 96.5 Å². The van der Waals surface area contributed by atoms with Crippen molar-refractivity contribution < 1.29 is 26.0 Å². The van der Waals surface area contributed by atoms with Gasteiger partial charge in [-0.25, -0.2) is 0 Å². The predicted octanol–water partition coefficient (Wildman–Crippen LogP) is 9.33. The zero-order valence-corrected chi connectivity index (χ0v) is 39.6. The summed E-state index contributed by atoms with van der Waals surface area (Å²) in [6.07, 6.45) is 4.80. The first-order valence-corrected chi connectivity index (χ1v) is 35.9. The van der Waals surface area contributed by atoms with Crippen LogP contribution in [0.5, 0.6) is 0 Å². The van der Waals surface area contributed by atoms with Gasteiger partial charge in [0.15, 0.2) is 34.0 Å². The number of carbonyl (C=O) groups is 2. The first-order chi connectivity index (χ1) is 22.0. The Morgan fingerprint density at radius 2 is 0.981 bits per heavy atom. The molecule has 0 aromatic carbocycles. The molecule has 0 aromatic rings. The molecule has 0 rings (SSSR count). The summed E-state index contributed by atoms with van der Waals surface area (Å²) in [4.78, 5) is 24.8. The minimum Gasteiger partial charge on any atom is -0.439 e. The Hall–Kier alpha value is -0.0387. The normalized spacial score (nSPS) is 13.0. The fourth-order valence-electron chi connectivity index (χ4n) is 5.75. The van der Waals surface area contributed by atoms with Crippen LogP contribution in [0.2, 0.25) is 96.2 Å². The molecule has 0 aliphatic rings. The van der Waals surface area contributed by atoms with Gasteiger partial charge in [0.25, 0.3) is 0 Å². The van der Waals surface area contributed by atoms with E-state index >= 15 is 0 Å². The fraction of sp³-hybridized carbons (Fsp3) is 0.946. The van der Waals surface area contributed by atoms with Crippen LogP contribution in [0.25, 0.3) is 0 Å². The molecule has 0 bridgehead atoms. The lowest BCUT2D eigenvalue weighted by Crippen LogP contribution is -2.54. The van der Waals surface area contributed by atoms with Gasteiger partial charge in [0.2, 0.25) is 11.8 Å². The van der Waals surface area contributed by atoms with E-state index < -0.39 is 51.1 Å². The van der Waals surface area contributed by atoms with E-state index in [1.165, 1.54) is 0 Å². The van der Waals surface area contributed by atoms with Crippen LogP contribution in [0, 0.1) is 5.92 Å². The van der Waals surface area contributed by atoms with Crippen molar-refractivity contribution >= 4 is 62.9 Å². The molecule has 0 radical (unpaired) electrons. The smallest absolute Gasteiger partial charge is 0.317 e. The van der Waals surface area contributed by atoms with Gasteiger partial charge in [-0.2, -0.15) is 0 Å². The summed E-state index contributed by atoms with van der Waals surface area (Å²) in [5.41, 5.74) is 16.7. The number of hydrogen-bond donors (Lipinski definition) is 5. The summed E-state index contributed by atoms with van der Waals surface area (Å²) in [5, 5.41) is 5.59. The van der Waals surface area contributed by atoms with Crippen LogP contribution in [0.15, 0.2) is 0 Å². The largest absolute Gasteiger partial charge is 0.439 e. The van der Waals surface area contributed by atoms with Gasteiger partial charge in [0, 0.05) is 38.5 Å². The van der Waals surface area contributed by atoms with Gasteiger partial charge < -0.3 is 44.3 Å². The highest BCUT2D eigenvalue weighted by Gasteiger charge is 2.43. The summed E-state index contributed by atoms with van der Waals surface area (Å²) in [6.45, 7) is 31.3. The van der Waals surface area contributed by atoms with E-state index in [0.717, 1.165) is 56.4 Å². The van der Waals surface area contributed by atoms with Crippen molar-refractivity contribution in [2.24, 2.45) is 23.1 Å². The fourth-order valence-corrected chi connectivity index (χ4v) is 30.6. The standard InChI is InChI=1S/C19H46N4O4Si3.C12H33NO2Si3.6CH4/c1-7-14-30(26-28(2)3,27-29(4,5)6)15-8-9-17(19(25)23-13-11-21)16-18(24)22-12-10-20;1-8-11-18(12-9-10-13,14-16(2,3)4)15-17(5,6)7;;;;;;/h17,28H,7-16,20-21H2,1-6H3,(H,22,24)(H,23,25);8-13H2,1-7H3;6*1H4. The molecule has 54 heavy (non-hydrogen) atoms. The van der Waals surface area contributed by atoms with Crippen molar-refractivity contribution in [2.75, 3.05) is 32.7 Å². The van der Waals surface area contributed by atoms with Crippen LogP contribution >= 0.6 is 0 Å². The monoisotopic (exact) mass is 882 g/mol. The van der Waals surface area contributed by atoms with Crippen LogP contribution in [0.1, 0.15) is 96.9 Å². The van der Waals surface area contributed by atoms with Gasteiger partial charge >= 0.3 is 17.1 Å². The Kier molecular flexibility index (Phi) is 47.9. The van der Waals surface area contributed by atoms with Gasteiger partial charge in [0.1, 0.15) is 0 Å². The van der Waals surface area contributed by atoms with Crippen LogP contribution in [0.4, 0.5) is 0 Å². The van der Waals surface area contributed by atoms with E-state index in [-0.39, 0.29) is 68.7 Å². The molecule has 0 spiro atoms. The highest BCUT2D eigenvalue weighted by atomic mass is 28.5. The molecule has 11 nitrogen and oxygen atoms in total. The van der Waals surface area contributed by atoms with Gasteiger partial charge in [-0.15, -0.1) is 0 Å². The zero-order chi connectivity index (χ0) is 37.7. The first kappa shape index (κ1) is 71.6. The molecule has 2 unspecified atom stereocenters. The highest BCUT2D eigenvalue weighted by Crippen LogP contribution is 2.31. The molecule has 0 aliphatic heterocycles. The summed E-state index contributed by atoms with van der Waals surface area (Å²) < 4.78 is 26.4. The average Bonchev–Trinajstić information content (AvgIpc) is 2.90. The Balaban J connectivity index is -0.000000129. The molecule has 0 saturated heterocycles. The van der Waals surface area contributed by atoms with Crippen LogP contribution in [0.3, 0.4) is 0 Å². The molecule has 2 atom stereocenters. The summed E-state index contributed by atoms with van der Waals surface area (Å²) in [6, 6.07) is 4.01. The lowest BCUT2D eigenvalue weighted by molar-refractivity contribution is -0.130. The van der Waals surface area contributed by atoms with Gasteiger partial charge in [0.05, 0.1) is 0 Å². The predicted molar refractivity (Wildman–Crippen MR) is 260 cm³/mol. The van der Waals surface area contributed by atoms with Crippen molar-refractivity contribution in [3.05, 3.63) is 0 Å². The number of hydrogen-bond acceptors (Lipinski definition) is 9. The number of carbonyl (C=O) groups excluding carboxylic acids is 2. The second kappa shape index (κ2) is 36.1. The van der Waals surface area contributed by atoms with Gasteiger partial charge in [-0.1, -0.05) is 77.7 Å². The van der Waals surface area contributed by atoms with Gasteiger partial charge in [-0.3, -0.25) is 9.59 Å². The SMILES string of the molecule is C.C.C.C.C.C.CCC[Si](CCCC(CC(=O)NCCN)C(=O)NCCN)(O[SiH](C)C)O[Si](C)(C)C.CCC[Si](CCCN)(O[Si](C)(C)C)O[Si](C)(C)C. The quantitative estimate of drug-likeness (QED) is 0.0531. The molecule has 0 fully saturated rings. The molecule has 336 valence electrons. The lowest BCUT2D eigenvalue weighted by atomic mass is 9.98. The Morgan fingerprint density at radius 3 is 1.35 bits per heavy atom. The van der Waals surface area contributed by atoms with E-state index in [0.29, 0.717) is 32.6 Å². The highest BCUT2D eigenvalue weighted by molar-refractivity contribution is 6.88. The van der Waals surface area contributed by atoms with Crippen LogP contribution < -0.4 is 27.8 Å². The Labute approximate surface area is 347 Å². The molecule has 0 saturated carbocycles. The van der Waals surface area contributed by atoms with Crippen LogP contribution in [-0.2, 0) is 26.0 Å². The number of rotatable bonds is 26. The Bertz CT molecular complexity index is 862. The van der Waals surface area contributed by atoms with E-state index in [9.17, 15) is 9.59 Å². The van der Waals surface area contributed by atoms with Crippen LogP contribution in [-0.4, -0.2) is 95.7 Å². The molecule has 2 amide bonds. The molecule has 0 heterocycles. The van der Waals surface area contributed by atoms with Crippen molar-refractivity contribution in [3.63, 3.8) is 0 Å². The third kappa shape index (κ3) is 38.8. The maximum Gasteiger partial charge on any atom is 0.317 e. The molecular formula is C37H103N5O6Si6. The van der Waals surface area contributed by atoms with Crippen molar-refractivity contribution in [1.29, 1.82) is 0 Å². The second-order valence-electron chi connectivity index (χ2n) is 16.0. The van der Waals surface area contributed by atoms with E-state index in [1.54, 1.807) is 0 Å². The van der Waals surface area contributed by atoms with E-state index in [1.807, 2.05) is 0 Å². The third-order valence-corrected chi connectivity index (χ3v) is 26.9. The minimum atomic E-state index is -2.33. The first-order valence-electron chi connectivity index (χ1n) is 18.4. The topological polar surface area (TPSA) is 173 Å². The molecule has 0 aliphatic carbocycles. The van der Waals surface area contributed by atoms with Crippen molar-refractivity contribution in [3.8, 4) is 0 Å². The summed E-state index contributed by atoms with van der Waals surface area (Å²) >= 11 is 0. The zero-order valence-electron chi connectivity index (χ0n) is 33.4. The summed E-state index contributed by atoms with van der Waals surface area (Å²) in [7, 11) is -10.5. The molecular weight excluding hydrogens is 779 g/mol. The average molecular weight is 883 g/mol. The maximum atomic E-state index is 12.6. The minimum absolute atomic E-state index is 0. The van der Waals surface area contributed by atoms with Crippen molar-refractivity contribution in [1.82, 2.24) is 10.6 Å². The number of nitrogens with two attached hydrogens (primary N) is 3. The second-order valence-corrected chi connectivity index (χ2v) is 39.8.